The maximum atomic E-state index is 11.9. The van der Waals surface area contributed by atoms with E-state index >= 15 is 0 Å². The number of nitrogens with one attached hydrogen (secondary N) is 1. The van der Waals surface area contributed by atoms with E-state index in [9.17, 15) is 4.79 Å². The number of nitrogens with zero attached hydrogens (tertiary/aromatic N) is 1. The van der Waals surface area contributed by atoms with Gasteiger partial charge in [-0.2, -0.15) is 0 Å². The molecule has 4 nitrogen and oxygen atoms in total. The number of halogens is 1. The summed E-state index contributed by atoms with van der Waals surface area (Å²) in [6, 6.07) is 7.21. The summed E-state index contributed by atoms with van der Waals surface area (Å²) in [5, 5.41) is 2.90. The first-order valence-corrected chi connectivity index (χ1v) is 6.39. The Morgan fingerprint density at radius 2 is 2.33 bits per heavy atom. The number of amides is 1. The van der Waals surface area contributed by atoms with Crippen molar-refractivity contribution < 1.29 is 9.21 Å². The first-order valence-electron chi connectivity index (χ1n) is 5.60. The number of carbonyl (C=O) groups is 1. The zero-order valence-electron chi connectivity index (χ0n) is 9.89. The highest BCUT2D eigenvalue weighted by Crippen LogP contribution is 2.08. The Hall–Kier alpha value is -1.62. The minimum Gasteiger partial charge on any atom is -0.469 e. The molecule has 0 saturated carbocycles. The van der Waals surface area contributed by atoms with Gasteiger partial charge in [-0.05, 0) is 47.1 Å². The maximum absolute atomic E-state index is 11.9. The number of aromatic nitrogens is 1. The predicted molar refractivity (Wildman–Crippen MR) is 71.3 cm³/mol. The van der Waals surface area contributed by atoms with Crippen molar-refractivity contribution in [1.82, 2.24) is 10.3 Å². The first-order chi connectivity index (χ1) is 8.65. The van der Waals surface area contributed by atoms with Crippen molar-refractivity contribution >= 4 is 21.8 Å². The molecule has 0 aliphatic heterocycles. The van der Waals surface area contributed by atoms with Gasteiger partial charge >= 0.3 is 0 Å². The van der Waals surface area contributed by atoms with Gasteiger partial charge in [0.2, 0.25) is 0 Å². The molecule has 1 N–H and O–H groups in total. The lowest BCUT2D eigenvalue weighted by molar-refractivity contribution is 0.0939. The Labute approximate surface area is 114 Å². The normalized spacial score (nSPS) is 12.1. The lowest BCUT2D eigenvalue weighted by Gasteiger charge is -2.12. The molecule has 1 unspecified atom stereocenters. The molecule has 5 heteroatoms. The fourth-order valence-corrected chi connectivity index (χ4v) is 1.83. The van der Waals surface area contributed by atoms with Gasteiger partial charge in [-0.1, -0.05) is 0 Å². The molecule has 0 aromatic carbocycles. The van der Waals surface area contributed by atoms with Crippen LogP contribution in [0.1, 0.15) is 23.0 Å². The van der Waals surface area contributed by atoms with Crippen LogP contribution in [0.25, 0.3) is 0 Å². The summed E-state index contributed by atoms with van der Waals surface area (Å²) in [5.41, 5.74) is 0.546. The molecule has 0 fully saturated rings. The minimum atomic E-state index is -0.131. The molecule has 1 atom stereocenters. The Morgan fingerprint density at radius 3 is 2.94 bits per heavy atom. The van der Waals surface area contributed by atoms with Crippen LogP contribution in [-0.2, 0) is 6.42 Å². The molecule has 2 aromatic rings. The second kappa shape index (κ2) is 5.82. The van der Waals surface area contributed by atoms with Gasteiger partial charge < -0.3 is 9.73 Å². The third-order valence-corrected chi connectivity index (χ3v) is 2.92. The molecular weight excluding hydrogens is 296 g/mol. The third kappa shape index (κ3) is 3.43. The minimum absolute atomic E-state index is 0.00676. The smallest absolute Gasteiger partial charge is 0.253 e. The summed E-state index contributed by atoms with van der Waals surface area (Å²) in [4.78, 5) is 15.9. The monoisotopic (exact) mass is 308 g/mol. The van der Waals surface area contributed by atoms with Crippen LogP contribution in [0, 0.1) is 0 Å². The van der Waals surface area contributed by atoms with Crippen molar-refractivity contribution in [2.45, 2.75) is 19.4 Å². The van der Waals surface area contributed by atoms with Crippen LogP contribution < -0.4 is 5.32 Å². The summed E-state index contributed by atoms with van der Waals surface area (Å²) in [7, 11) is 0. The summed E-state index contributed by atoms with van der Waals surface area (Å²) >= 11 is 3.23. The van der Waals surface area contributed by atoms with E-state index in [4.69, 9.17) is 4.42 Å². The fraction of sp³-hybridized carbons (Fsp3) is 0.231. The second-order valence-electron chi connectivity index (χ2n) is 4.03. The lowest BCUT2D eigenvalue weighted by atomic mass is 10.2. The van der Waals surface area contributed by atoms with Gasteiger partial charge in [0, 0.05) is 18.7 Å². The number of carbonyl (C=O) groups excluding carboxylic acids is 1. The summed E-state index contributed by atoms with van der Waals surface area (Å²) in [6.45, 7) is 1.94. The van der Waals surface area contributed by atoms with Gasteiger partial charge in [-0.3, -0.25) is 4.79 Å². The van der Waals surface area contributed by atoms with Gasteiger partial charge in [-0.15, -0.1) is 0 Å². The molecule has 18 heavy (non-hydrogen) atoms. The van der Waals surface area contributed by atoms with E-state index in [0.29, 0.717) is 16.6 Å². The molecule has 0 aliphatic carbocycles. The maximum Gasteiger partial charge on any atom is 0.253 e. The van der Waals surface area contributed by atoms with Crippen LogP contribution in [0.2, 0.25) is 0 Å². The molecule has 2 rings (SSSR count). The van der Waals surface area contributed by atoms with Gasteiger partial charge in [0.1, 0.15) is 10.4 Å². The highest BCUT2D eigenvalue weighted by Gasteiger charge is 2.11. The lowest BCUT2D eigenvalue weighted by Crippen LogP contribution is -2.34. The third-order valence-electron chi connectivity index (χ3n) is 2.45. The van der Waals surface area contributed by atoms with Crippen molar-refractivity contribution in [1.29, 1.82) is 0 Å². The molecule has 0 radical (unpaired) electrons. The van der Waals surface area contributed by atoms with E-state index in [1.54, 1.807) is 24.6 Å². The molecule has 1 amide bonds. The topological polar surface area (TPSA) is 55.1 Å². The van der Waals surface area contributed by atoms with Gasteiger partial charge in [0.25, 0.3) is 5.91 Å². The van der Waals surface area contributed by atoms with Gasteiger partial charge in [0.05, 0.1) is 11.8 Å². The van der Waals surface area contributed by atoms with Gasteiger partial charge in [0.15, 0.2) is 0 Å². The van der Waals surface area contributed by atoms with Crippen LogP contribution in [0.5, 0.6) is 0 Å². The van der Waals surface area contributed by atoms with Crippen molar-refractivity contribution in [2.24, 2.45) is 0 Å². The predicted octanol–water partition coefficient (Wildman–Crippen LogP) is 2.80. The average Bonchev–Trinajstić information content (AvgIpc) is 2.82. The number of rotatable bonds is 4. The number of hydrogen-bond donors (Lipinski definition) is 1. The molecular formula is C13H13BrN2O2. The quantitative estimate of drug-likeness (QED) is 0.884. The molecule has 2 aromatic heterocycles. The standard InChI is InChI=1S/C13H13BrN2O2/c1-9(7-11-3-2-6-18-11)16-13(17)10-4-5-12(14)15-8-10/h2-6,8-9H,7H2,1H3,(H,16,17). The van der Waals surface area contributed by atoms with Crippen LogP contribution in [0.4, 0.5) is 0 Å². The van der Waals surface area contributed by atoms with Crippen molar-refractivity contribution in [3.05, 3.63) is 52.7 Å². The molecule has 94 valence electrons. The van der Waals surface area contributed by atoms with Crippen molar-refractivity contribution in [2.75, 3.05) is 0 Å². The molecule has 0 saturated heterocycles. The number of furan rings is 1. The van der Waals surface area contributed by atoms with Crippen LogP contribution in [0.15, 0.2) is 45.7 Å². The highest BCUT2D eigenvalue weighted by atomic mass is 79.9. The Morgan fingerprint density at radius 1 is 1.50 bits per heavy atom. The summed E-state index contributed by atoms with van der Waals surface area (Å²) < 4.78 is 5.95. The Balaban J connectivity index is 1.92. The SMILES string of the molecule is CC(Cc1ccco1)NC(=O)c1ccc(Br)nc1. The van der Waals surface area contributed by atoms with Crippen LogP contribution >= 0.6 is 15.9 Å². The van der Waals surface area contributed by atoms with E-state index in [1.165, 1.54) is 0 Å². The first kappa shape index (κ1) is 12.8. The fourth-order valence-electron chi connectivity index (χ4n) is 1.60. The second-order valence-corrected chi connectivity index (χ2v) is 4.84. The summed E-state index contributed by atoms with van der Waals surface area (Å²) in [5.74, 6) is 0.728. The Kier molecular flexibility index (Phi) is 4.15. The van der Waals surface area contributed by atoms with Crippen molar-refractivity contribution in [3.8, 4) is 0 Å². The van der Waals surface area contributed by atoms with E-state index < -0.39 is 0 Å². The highest BCUT2D eigenvalue weighted by molar-refractivity contribution is 9.10. The van der Waals surface area contributed by atoms with E-state index in [2.05, 4.69) is 26.2 Å². The number of pyridine rings is 1. The molecule has 0 spiro atoms. The average molecular weight is 309 g/mol. The molecule has 0 aliphatic rings. The van der Waals surface area contributed by atoms with Gasteiger partial charge in [-0.25, -0.2) is 4.98 Å². The van der Waals surface area contributed by atoms with E-state index in [-0.39, 0.29) is 11.9 Å². The zero-order chi connectivity index (χ0) is 13.0. The van der Waals surface area contributed by atoms with E-state index in [1.807, 2.05) is 19.1 Å². The zero-order valence-corrected chi connectivity index (χ0v) is 11.5. The Bertz CT molecular complexity index is 508. The molecule has 0 bridgehead atoms. The summed E-state index contributed by atoms with van der Waals surface area (Å²) in [6.07, 6.45) is 3.84. The van der Waals surface area contributed by atoms with E-state index in [0.717, 1.165) is 5.76 Å². The van der Waals surface area contributed by atoms with Crippen LogP contribution in [-0.4, -0.2) is 16.9 Å². The van der Waals surface area contributed by atoms with Crippen LogP contribution in [0.3, 0.4) is 0 Å². The largest absolute Gasteiger partial charge is 0.469 e. The number of hydrogen-bond acceptors (Lipinski definition) is 3. The van der Waals surface area contributed by atoms with Crippen molar-refractivity contribution in [3.63, 3.8) is 0 Å². The molecule has 2 heterocycles.